The van der Waals surface area contributed by atoms with E-state index in [2.05, 4.69) is 18.7 Å². The quantitative estimate of drug-likeness (QED) is 0.838. The molecule has 0 aromatic rings. The van der Waals surface area contributed by atoms with Crippen LogP contribution in [-0.2, 0) is 0 Å². The van der Waals surface area contributed by atoms with Gasteiger partial charge < -0.3 is 5.11 Å². The fourth-order valence-electron chi connectivity index (χ4n) is 3.36. The zero-order valence-electron chi connectivity index (χ0n) is 10.8. The maximum absolute atomic E-state index is 12.3. The first-order valence-electron chi connectivity index (χ1n) is 6.53. The van der Waals surface area contributed by atoms with E-state index in [1.165, 1.54) is 0 Å². The summed E-state index contributed by atoms with van der Waals surface area (Å²) in [4.78, 5) is 4.18. The number of aliphatic hydroxyl groups excluding tert-OH is 1. The van der Waals surface area contributed by atoms with Crippen molar-refractivity contribution in [1.29, 1.82) is 0 Å². The molecule has 0 aromatic heterocycles. The number of rotatable bonds is 3. The van der Waals surface area contributed by atoms with Crippen molar-refractivity contribution in [1.82, 2.24) is 9.80 Å². The van der Waals surface area contributed by atoms with E-state index in [-0.39, 0.29) is 6.54 Å². The first-order chi connectivity index (χ1) is 8.29. The zero-order chi connectivity index (χ0) is 13.5. The molecule has 2 heterocycles. The number of fused-ring (bicyclic) bond motifs is 2. The van der Waals surface area contributed by atoms with E-state index in [9.17, 15) is 13.2 Å². The lowest BCUT2D eigenvalue weighted by Gasteiger charge is -2.43. The summed E-state index contributed by atoms with van der Waals surface area (Å²) in [5, 5.41) is 9.13. The Hall–Kier alpha value is -0.330. The molecule has 3 unspecified atom stereocenters. The van der Waals surface area contributed by atoms with Crippen molar-refractivity contribution < 1.29 is 18.3 Å². The average molecular weight is 266 g/mol. The topological polar surface area (TPSA) is 26.7 Å². The summed E-state index contributed by atoms with van der Waals surface area (Å²) in [6.07, 6.45) is -4.61. The summed E-state index contributed by atoms with van der Waals surface area (Å²) in [7, 11) is 0. The standard InChI is InChI=1S/C12H21F3N2O/c1-8(2)17-9-3-4-10(17)6-16(5-9)7-11(18)12(13,14)15/h8-11,18H,3-7H2,1-2H3. The molecule has 2 rings (SSSR count). The Kier molecular flexibility index (Phi) is 3.90. The molecule has 6 heteroatoms. The van der Waals surface area contributed by atoms with Gasteiger partial charge in [0, 0.05) is 37.8 Å². The molecule has 106 valence electrons. The molecule has 0 aromatic carbocycles. The first kappa shape index (κ1) is 14.1. The van der Waals surface area contributed by atoms with Crippen molar-refractivity contribution in [2.75, 3.05) is 19.6 Å². The molecular weight excluding hydrogens is 245 g/mol. The molecule has 3 atom stereocenters. The second-order valence-electron chi connectivity index (χ2n) is 5.70. The van der Waals surface area contributed by atoms with Crippen molar-refractivity contribution >= 4 is 0 Å². The van der Waals surface area contributed by atoms with Gasteiger partial charge >= 0.3 is 6.18 Å². The molecule has 0 radical (unpaired) electrons. The molecule has 2 aliphatic heterocycles. The summed E-state index contributed by atoms with van der Waals surface area (Å²) in [6.45, 7) is 5.25. The minimum atomic E-state index is -4.51. The largest absolute Gasteiger partial charge is 0.415 e. The summed E-state index contributed by atoms with van der Waals surface area (Å²) in [6, 6.07) is 1.14. The number of hydrogen-bond donors (Lipinski definition) is 1. The van der Waals surface area contributed by atoms with Gasteiger partial charge in [-0.15, -0.1) is 0 Å². The first-order valence-corrected chi connectivity index (χ1v) is 6.53. The lowest BCUT2D eigenvalue weighted by atomic mass is 10.1. The van der Waals surface area contributed by atoms with Crippen LogP contribution in [0.3, 0.4) is 0 Å². The van der Waals surface area contributed by atoms with Crippen LogP contribution >= 0.6 is 0 Å². The van der Waals surface area contributed by atoms with E-state index in [1.54, 1.807) is 4.90 Å². The van der Waals surface area contributed by atoms with Crippen LogP contribution in [0.15, 0.2) is 0 Å². The number of nitrogens with zero attached hydrogens (tertiary/aromatic N) is 2. The van der Waals surface area contributed by atoms with E-state index in [0.717, 1.165) is 12.8 Å². The summed E-state index contributed by atoms with van der Waals surface area (Å²) >= 11 is 0. The predicted octanol–water partition coefficient (Wildman–Crippen LogP) is 1.47. The normalized spacial score (nSPS) is 32.2. The summed E-state index contributed by atoms with van der Waals surface area (Å²) in [5.74, 6) is 0. The molecule has 18 heavy (non-hydrogen) atoms. The smallest absolute Gasteiger partial charge is 0.382 e. The second-order valence-corrected chi connectivity index (χ2v) is 5.70. The van der Waals surface area contributed by atoms with E-state index in [4.69, 9.17) is 5.11 Å². The van der Waals surface area contributed by atoms with Crippen molar-refractivity contribution in [3.05, 3.63) is 0 Å². The van der Waals surface area contributed by atoms with Crippen LogP contribution in [0.25, 0.3) is 0 Å². The van der Waals surface area contributed by atoms with Gasteiger partial charge in [0.25, 0.3) is 0 Å². The van der Waals surface area contributed by atoms with Gasteiger partial charge in [-0.25, -0.2) is 0 Å². The van der Waals surface area contributed by atoms with Crippen molar-refractivity contribution in [2.45, 2.75) is 57.1 Å². The van der Waals surface area contributed by atoms with Crippen LogP contribution in [0, 0.1) is 0 Å². The fourth-order valence-corrected chi connectivity index (χ4v) is 3.36. The molecule has 3 nitrogen and oxygen atoms in total. The Morgan fingerprint density at radius 1 is 1.17 bits per heavy atom. The van der Waals surface area contributed by atoms with E-state index in [1.807, 2.05) is 0 Å². The van der Waals surface area contributed by atoms with Gasteiger partial charge in [0.1, 0.15) is 0 Å². The SMILES string of the molecule is CC(C)N1C2CCC1CN(CC(O)C(F)(F)F)C2. The average Bonchev–Trinajstić information content (AvgIpc) is 2.50. The van der Waals surface area contributed by atoms with Crippen LogP contribution in [0.1, 0.15) is 26.7 Å². The molecule has 2 fully saturated rings. The molecule has 0 spiro atoms. The van der Waals surface area contributed by atoms with Gasteiger partial charge in [-0.05, 0) is 26.7 Å². The van der Waals surface area contributed by atoms with Gasteiger partial charge in [-0.1, -0.05) is 0 Å². The third-order valence-electron chi connectivity index (χ3n) is 4.02. The summed E-state index contributed by atoms with van der Waals surface area (Å²) in [5.41, 5.74) is 0. The molecule has 2 bridgehead atoms. The van der Waals surface area contributed by atoms with Crippen LogP contribution in [-0.4, -0.2) is 64.9 Å². The predicted molar refractivity (Wildman–Crippen MR) is 62.3 cm³/mol. The molecule has 0 aliphatic carbocycles. The number of likely N-dealkylation sites (tertiary alicyclic amines) is 1. The highest BCUT2D eigenvalue weighted by atomic mass is 19.4. The molecule has 0 amide bonds. The minimum absolute atomic E-state index is 0.289. The Morgan fingerprint density at radius 2 is 1.67 bits per heavy atom. The number of aliphatic hydroxyl groups is 1. The Bertz CT molecular complexity index is 282. The van der Waals surface area contributed by atoms with E-state index < -0.39 is 12.3 Å². The summed E-state index contributed by atoms with van der Waals surface area (Å²) < 4.78 is 37.0. The Labute approximate surface area is 106 Å². The number of alkyl halides is 3. The van der Waals surface area contributed by atoms with Crippen LogP contribution in [0.2, 0.25) is 0 Å². The number of hydrogen-bond acceptors (Lipinski definition) is 3. The third kappa shape index (κ3) is 2.81. The maximum Gasteiger partial charge on any atom is 0.415 e. The van der Waals surface area contributed by atoms with Crippen molar-refractivity contribution in [3.8, 4) is 0 Å². The molecule has 1 N–H and O–H groups in total. The van der Waals surface area contributed by atoms with Gasteiger partial charge in [-0.3, -0.25) is 9.80 Å². The van der Waals surface area contributed by atoms with Gasteiger partial charge in [0.05, 0.1) is 0 Å². The van der Waals surface area contributed by atoms with Gasteiger partial charge in [0.15, 0.2) is 6.10 Å². The minimum Gasteiger partial charge on any atom is -0.382 e. The number of β-amino-alcohol motifs (C(OH)–C–C–N with tert-alkyl or cyclic N) is 1. The van der Waals surface area contributed by atoms with Crippen LogP contribution < -0.4 is 0 Å². The third-order valence-corrected chi connectivity index (χ3v) is 4.02. The zero-order valence-corrected chi connectivity index (χ0v) is 10.8. The Morgan fingerprint density at radius 3 is 2.06 bits per heavy atom. The maximum atomic E-state index is 12.3. The monoisotopic (exact) mass is 266 g/mol. The Balaban J connectivity index is 1.93. The fraction of sp³-hybridized carbons (Fsp3) is 1.00. The lowest BCUT2D eigenvalue weighted by molar-refractivity contribution is -0.209. The van der Waals surface area contributed by atoms with Crippen LogP contribution in [0.5, 0.6) is 0 Å². The van der Waals surface area contributed by atoms with Crippen LogP contribution in [0.4, 0.5) is 13.2 Å². The molecule has 0 saturated carbocycles. The molecule has 2 saturated heterocycles. The highest BCUT2D eigenvalue weighted by molar-refractivity contribution is 4.97. The number of piperazine rings is 1. The second kappa shape index (κ2) is 4.98. The molecular formula is C12H21F3N2O. The van der Waals surface area contributed by atoms with Gasteiger partial charge in [-0.2, -0.15) is 13.2 Å². The van der Waals surface area contributed by atoms with E-state index >= 15 is 0 Å². The van der Waals surface area contributed by atoms with E-state index in [0.29, 0.717) is 31.2 Å². The highest BCUT2D eigenvalue weighted by Crippen LogP contribution is 2.32. The highest BCUT2D eigenvalue weighted by Gasteiger charge is 2.44. The van der Waals surface area contributed by atoms with Gasteiger partial charge in [0.2, 0.25) is 0 Å². The van der Waals surface area contributed by atoms with Crippen molar-refractivity contribution in [3.63, 3.8) is 0 Å². The molecule has 2 aliphatic rings. The lowest BCUT2D eigenvalue weighted by Crippen LogP contribution is -2.57. The number of halogens is 3. The van der Waals surface area contributed by atoms with Crippen molar-refractivity contribution in [2.24, 2.45) is 0 Å².